The smallest absolute Gasteiger partial charge is 0.152 e. The molecule has 106 valence electrons. The van der Waals surface area contributed by atoms with Gasteiger partial charge < -0.3 is 11.1 Å². The second kappa shape index (κ2) is 4.34. The first kappa shape index (κ1) is 13.2. The van der Waals surface area contributed by atoms with E-state index in [9.17, 15) is 8.42 Å². The summed E-state index contributed by atoms with van der Waals surface area (Å²) in [5.41, 5.74) is 7.15. The summed E-state index contributed by atoms with van der Waals surface area (Å²) >= 11 is 0. The van der Waals surface area contributed by atoms with Crippen molar-refractivity contribution in [1.82, 2.24) is 4.98 Å². The van der Waals surface area contributed by atoms with Crippen molar-refractivity contribution >= 4 is 32.0 Å². The Bertz CT molecular complexity index is 773. The fourth-order valence-electron chi connectivity index (χ4n) is 2.74. The van der Waals surface area contributed by atoms with Crippen LogP contribution < -0.4 is 11.1 Å². The van der Waals surface area contributed by atoms with Crippen molar-refractivity contribution in [2.45, 2.75) is 18.9 Å². The summed E-state index contributed by atoms with van der Waals surface area (Å²) in [4.78, 5) is 4.06. The minimum absolute atomic E-state index is 0.147. The van der Waals surface area contributed by atoms with Gasteiger partial charge in [0.2, 0.25) is 0 Å². The molecule has 1 atom stereocenters. The number of nitrogens with two attached hydrogens (primary N) is 1. The van der Waals surface area contributed by atoms with Crippen LogP contribution in [0.25, 0.3) is 10.8 Å². The van der Waals surface area contributed by atoms with Gasteiger partial charge >= 0.3 is 0 Å². The number of nitrogen functional groups attached to an aromatic ring is 1. The van der Waals surface area contributed by atoms with Crippen LogP contribution in [-0.4, -0.2) is 30.4 Å². The Balaban J connectivity index is 1.98. The molecule has 0 aliphatic carbocycles. The van der Waals surface area contributed by atoms with E-state index >= 15 is 0 Å². The lowest BCUT2D eigenvalue weighted by molar-refractivity contribution is 0.574. The molecule has 0 spiro atoms. The van der Waals surface area contributed by atoms with Gasteiger partial charge in [-0.1, -0.05) is 6.07 Å². The fourth-order valence-corrected chi connectivity index (χ4v) is 4.83. The van der Waals surface area contributed by atoms with Crippen LogP contribution in [0.3, 0.4) is 0 Å². The van der Waals surface area contributed by atoms with Gasteiger partial charge in [-0.2, -0.15) is 0 Å². The Morgan fingerprint density at radius 1 is 1.35 bits per heavy atom. The maximum Gasteiger partial charge on any atom is 0.152 e. The Morgan fingerprint density at radius 3 is 2.85 bits per heavy atom. The van der Waals surface area contributed by atoms with Crippen molar-refractivity contribution in [3.63, 3.8) is 0 Å². The molecule has 2 aromatic rings. The molecule has 6 heteroatoms. The molecule has 1 unspecified atom stereocenters. The Morgan fingerprint density at radius 2 is 2.15 bits per heavy atom. The third kappa shape index (κ3) is 2.31. The van der Waals surface area contributed by atoms with Crippen LogP contribution in [0.1, 0.15) is 13.3 Å². The number of rotatable bonds is 2. The normalized spacial score (nSPS) is 24.9. The molecule has 20 heavy (non-hydrogen) atoms. The van der Waals surface area contributed by atoms with Gasteiger partial charge in [-0.05, 0) is 25.5 Å². The molecule has 0 bridgehead atoms. The molecule has 1 fully saturated rings. The molecule has 5 nitrogen and oxygen atoms in total. The quantitative estimate of drug-likeness (QED) is 0.824. The molecule has 0 saturated carbocycles. The highest BCUT2D eigenvalue weighted by molar-refractivity contribution is 7.91. The van der Waals surface area contributed by atoms with E-state index < -0.39 is 15.4 Å². The first-order valence-corrected chi connectivity index (χ1v) is 8.32. The van der Waals surface area contributed by atoms with Gasteiger partial charge in [0.1, 0.15) is 0 Å². The average Bonchev–Trinajstić information content (AvgIpc) is 2.67. The highest BCUT2D eigenvalue weighted by Gasteiger charge is 2.38. The van der Waals surface area contributed by atoms with Crippen molar-refractivity contribution in [2.75, 3.05) is 22.6 Å². The predicted octanol–water partition coefficient (Wildman–Crippen LogP) is 1.81. The molecule has 1 aromatic carbocycles. The highest BCUT2D eigenvalue weighted by Crippen LogP contribution is 2.33. The highest BCUT2D eigenvalue weighted by atomic mass is 32.2. The van der Waals surface area contributed by atoms with Crippen molar-refractivity contribution in [3.05, 3.63) is 30.6 Å². The van der Waals surface area contributed by atoms with Gasteiger partial charge in [0.15, 0.2) is 9.84 Å². The lowest BCUT2D eigenvalue weighted by Gasteiger charge is -2.26. The van der Waals surface area contributed by atoms with E-state index in [1.807, 2.05) is 25.1 Å². The summed E-state index contributed by atoms with van der Waals surface area (Å²) in [6.45, 7) is 1.92. The molecular weight excluding hydrogens is 274 g/mol. The number of fused-ring (bicyclic) bond motifs is 1. The van der Waals surface area contributed by atoms with E-state index in [0.29, 0.717) is 12.1 Å². The van der Waals surface area contributed by atoms with Crippen molar-refractivity contribution < 1.29 is 8.42 Å². The van der Waals surface area contributed by atoms with Gasteiger partial charge in [0.25, 0.3) is 0 Å². The minimum Gasteiger partial charge on any atom is -0.397 e. The monoisotopic (exact) mass is 291 g/mol. The first-order valence-electron chi connectivity index (χ1n) is 6.49. The van der Waals surface area contributed by atoms with E-state index in [4.69, 9.17) is 5.73 Å². The first-order chi connectivity index (χ1) is 9.39. The molecule has 0 amide bonds. The van der Waals surface area contributed by atoms with Gasteiger partial charge in [-0.25, -0.2) is 8.42 Å². The summed E-state index contributed by atoms with van der Waals surface area (Å²) in [6, 6.07) is 5.69. The SMILES string of the molecule is CC1(Nc2ccc3cnccc3c2N)CCS(=O)(=O)C1. The number of anilines is 2. The second-order valence-corrected chi connectivity index (χ2v) is 7.84. The summed E-state index contributed by atoms with van der Waals surface area (Å²) in [6.07, 6.45) is 4.06. The van der Waals surface area contributed by atoms with Crippen LogP contribution in [0.4, 0.5) is 11.4 Å². The van der Waals surface area contributed by atoms with E-state index in [1.165, 1.54) is 0 Å². The van der Waals surface area contributed by atoms with Crippen LogP contribution in [0.2, 0.25) is 0 Å². The molecule has 1 aliphatic heterocycles. The van der Waals surface area contributed by atoms with Crippen LogP contribution >= 0.6 is 0 Å². The number of nitrogens with zero attached hydrogens (tertiary/aromatic N) is 1. The molecule has 3 N–H and O–H groups in total. The zero-order chi connectivity index (χ0) is 14.4. The number of aromatic nitrogens is 1. The number of hydrogen-bond acceptors (Lipinski definition) is 5. The van der Waals surface area contributed by atoms with E-state index in [1.54, 1.807) is 12.4 Å². The maximum absolute atomic E-state index is 11.7. The Kier molecular flexibility index (Phi) is 2.86. The lowest BCUT2D eigenvalue weighted by Crippen LogP contribution is -2.36. The van der Waals surface area contributed by atoms with Crippen LogP contribution in [0, 0.1) is 0 Å². The topological polar surface area (TPSA) is 85.1 Å². The van der Waals surface area contributed by atoms with Crippen LogP contribution in [-0.2, 0) is 9.84 Å². The molecule has 0 radical (unpaired) electrons. The summed E-state index contributed by atoms with van der Waals surface area (Å²) in [5, 5.41) is 5.21. The Labute approximate surface area is 118 Å². The average molecular weight is 291 g/mol. The van der Waals surface area contributed by atoms with Gasteiger partial charge in [-0.15, -0.1) is 0 Å². The summed E-state index contributed by atoms with van der Waals surface area (Å²) in [5.74, 6) is 0.377. The van der Waals surface area contributed by atoms with Crippen LogP contribution in [0.15, 0.2) is 30.6 Å². The van der Waals surface area contributed by atoms with E-state index in [2.05, 4.69) is 10.3 Å². The largest absolute Gasteiger partial charge is 0.397 e. The molecular formula is C14H17N3O2S. The maximum atomic E-state index is 11.7. The Hall–Kier alpha value is -1.82. The zero-order valence-electron chi connectivity index (χ0n) is 11.3. The molecule has 1 aliphatic rings. The fraction of sp³-hybridized carbons (Fsp3) is 0.357. The number of sulfone groups is 1. The molecule has 2 heterocycles. The third-order valence-corrected chi connectivity index (χ3v) is 5.70. The van der Waals surface area contributed by atoms with Gasteiger partial charge in [-0.3, -0.25) is 4.98 Å². The number of hydrogen-bond donors (Lipinski definition) is 2. The lowest BCUT2D eigenvalue weighted by atomic mass is 10.0. The molecule has 3 rings (SSSR count). The van der Waals surface area contributed by atoms with Gasteiger partial charge in [0.05, 0.1) is 22.9 Å². The summed E-state index contributed by atoms with van der Waals surface area (Å²) < 4.78 is 23.3. The van der Waals surface area contributed by atoms with Crippen molar-refractivity contribution in [2.24, 2.45) is 0 Å². The van der Waals surface area contributed by atoms with Gasteiger partial charge in [0, 0.05) is 28.7 Å². The van der Waals surface area contributed by atoms with E-state index in [-0.39, 0.29) is 11.5 Å². The van der Waals surface area contributed by atoms with Crippen molar-refractivity contribution in [3.8, 4) is 0 Å². The minimum atomic E-state index is -2.94. The molecule has 1 aromatic heterocycles. The number of benzene rings is 1. The standard InChI is InChI=1S/C14H17N3O2S/c1-14(5-7-20(18,19)9-14)17-12-3-2-10-8-16-6-4-11(10)13(12)15/h2-4,6,8,17H,5,7,9,15H2,1H3. The van der Waals surface area contributed by atoms with Crippen LogP contribution in [0.5, 0.6) is 0 Å². The summed E-state index contributed by atoms with van der Waals surface area (Å²) in [7, 11) is -2.94. The number of pyridine rings is 1. The number of nitrogens with one attached hydrogen (secondary N) is 1. The zero-order valence-corrected chi connectivity index (χ0v) is 12.1. The molecule has 1 saturated heterocycles. The second-order valence-electron chi connectivity index (χ2n) is 5.65. The van der Waals surface area contributed by atoms with Crippen molar-refractivity contribution in [1.29, 1.82) is 0 Å². The third-order valence-electron chi connectivity index (χ3n) is 3.80. The van der Waals surface area contributed by atoms with E-state index in [0.717, 1.165) is 16.5 Å². The predicted molar refractivity (Wildman–Crippen MR) is 81.5 cm³/mol.